The predicted octanol–water partition coefficient (Wildman–Crippen LogP) is 4.20. The molecule has 2 aromatic carbocycles. The number of nitrogens with one attached hydrogen (secondary N) is 1. The van der Waals surface area contributed by atoms with Crippen molar-refractivity contribution < 1.29 is 14.3 Å². The van der Waals surface area contributed by atoms with E-state index < -0.39 is 0 Å². The Kier molecular flexibility index (Phi) is 5.83. The summed E-state index contributed by atoms with van der Waals surface area (Å²) in [4.78, 5) is 15.8. The molecule has 0 saturated carbocycles. The molecule has 5 heteroatoms. The van der Waals surface area contributed by atoms with Crippen LogP contribution >= 0.6 is 0 Å². The highest BCUT2D eigenvalue weighted by Gasteiger charge is 2.07. The van der Waals surface area contributed by atoms with Crippen LogP contribution < -0.4 is 14.8 Å². The largest absolute Gasteiger partial charge is 0.473 e. The summed E-state index contributed by atoms with van der Waals surface area (Å²) in [5, 5.41) is 2.74. The molecule has 0 atom stereocenters. The van der Waals surface area contributed by atoms with Crippen molar-refractivity contribution >= 4 is 11.6 Å². The van der Waals surface area contributed by atoms with Gasteiger partial charge >= 0.3 is 0 Å². The lowest BCUT2D eigenvalue weighted by Gasteiger charge is -2.12. The number of ether oxygens (including phenoxy) is 2. The number of aromatic nitrogens is 1. The van der Waals surface area contributed by atoms with Gasteiger partial charge in [-0.1, -0.05) is 60.7 Å². The zero-order chi connectivity index (χ0) is 18.2. The van der Waals surface area contributed by atoms with Crippen molar-refractivity contribution in [2.75, 3.05) is 5.32 Å². The first kappa shape index (κ1) is 17.5. The highest BCUT2D eigenvalue weighted by Crippen LogP contribution is 2.23. The van der Waals surface area contributed by atoms with Crippen LogP contribution in [0.3, 0.4) is 0 Å². The Hall–Kier alpha value is -3.34. The lowest BCUT2D eigenvalue weighted by atomic mass is 10.2. The van der Waals surface area contributed by atoms with Crippen LogP contribution in [-0.4, -0.2) is 10.9 Å². The van der Waals surface area contributed by atoms with Gasteiger partial charge in [-0.3, -0.25) is 4.79 Å². The van der Waals surface area contributed by atoms with Crippen LogP contribution in [-0.2, 0) is 18.0 Å². The SMILES string of the molecule is CC(=O)Nc1cc(OCc2ccccc2)nc(OCc2ccccc2)c1. The maximum absolute atomic E-state index is 11.4. The topological polar surface area (TPSA) is 60.5 Å². The Morgan fingerprint density at radius 1 is 0.846 bits per heavy atom. The van der Waals surface area contributed by atoms with Crippen molar-refractivity contribution in [3.63, 3.8) is 0 Å². The van der Waals surface area contributed by atoms with Crippen LogP contribution in [0, 0.1) is 0 Å². The summed E-state index contributed by atoms with van der Waals surface area (Å²) in [6.07, 6.45) is 0. The average Bonchev–Trinajstić information content (AvgIpc) is 2.66. The normalized spacial score (nSPS) is 10.2. The van der Waals surface area contributed by atoms with E-state index in [9.17, 15) is 4.79 Å². The van der Waals surface area contributed by atoms with Crippen molar-refractivity contribution in [2.45, 2.75) is 20.1 Å². The number of hydrogen-bond acceptors (Lipinski definition) is 4. The summed E-state index contributed by atoms with van der Waals surface area (Å²) in [6, 6.07) is 23.0. The molecule has 0 bridgehead atoms. The lowest BCUT2D eigenvalue weighted by molar-refractivity contribution is -0.114. The smallest absolute Gasteiger partial charge is 0.221 e. The summed E-state index contributed by atoms with van der Waals surface area (Å²) in [6.45, 7) is 2.22. The van der Waals surface area contributed by atoms with E-state index in [4.69, 9.17) is 9.47 Å². The lowest BCUT2D eigenvalue weighted by Crippen LogP contribution is -2.08. The first-order chi connectivity index (χ1) is 12.7. The highest BCUT2D eigenvalue weighted by molar-refractivity contribution is 5.88. The number of benzene rings is 2. The number of carbonyl (C=O) groups is 1. The number of anilines is 1. The third-order valence-electron chi connectivity index (χ3n) is 3.56. The maximum atomic E-state index is 11.4. The summed E-state index contributed by atoms with van der Waals surface area (Å²) in [7, 11) is 0. The van der Waals surface area contributed by atoms with E-state index in [0.717, 1.165) is 11.1 Å². The number of amides is 1. The highest BCUT2D eigenvalue weighted by atomic mass is 16.5. The van der Waals surface area contributed by atoms with Crippen molar-refractivity contribution in [1.29, 1.82) is 0 Å². The molecule has 3 rings (SSSR count). The van der Waals surface area contributed by atoms with Crippen molar-refractivity contribution in [3.8, 4) is 11.8 Å². The Morgan fingerprint density at radius 2 is 1.31 bits per heavy atom. The van der Waals surface area contributed by atoms with Crippen molar-refractivity contribution in [3.05, 3.63) is 83.9 Å². The third kappa shape index (κ3) is 5.34. The number of rotatable bonds is 7. The molecule has 0 saturated heterocycles. The Balaban J connectivity index is 1.73. The monoisotopic (exact) mass is 348 g/mol. The molecule has 0 spiro atoms. The predicted molar refractivity (Wildman–Crippen MR) is 100 cm³/mol. The Morgan fingerprint density at radius 3 is 1.73 bits per heavy atom. The molecule has 1 N–H and O–H groups in total. The molecule has 5 nitrogen and oxygen atoms in total. The second-order valence-corrected chi connectivity index (χ2v) is 5.76. The standard InChI is InChI=1S/C21H20N2O3/c1-16(24)22-19-12-20(25-14-17-8-4-2-5-9-17)23-21(13-19)26-15-18-10-6-3-7-11-18/h2-13H,14-15H2,1H3,(H,22,23,24). The van der Waals surface area contributed by atoms with E-state index >= 15 is 0 Å². The zero-order valence-corrected chi connectivity index (χ0v) is 14.5. The van der Waals surface area contributed by atoms with E-state index in [2.05, 4.69) is 10.3 Å². The number of pyridine rings is 1. The molecule has 0 aliphatic heterocycles. The van der Waals surface area contributed by atoms with Gasteiger partial charge in [0.05, 0.1) is 5.69 Å². The van der Waals surface area contributed by atoms with Gasteiger partial charge in [0.1, 0.15) is 13.2 Å². The number of nitrogens with zero attached hydrogens (tertiary/aromatic N) is 1. The summed E-state index contributed by atoms with van der Waals surface area (Å²) >= 11 is 0. The van der Waals surface area contributed by atoms with Gasteiger partial charge in [0.2, 0.25) is 17.7 Å². The van der Waals surface area contributed by atoms with Gasteiger partial charge in [-0.2, -0.15) is 4.98 Å². The van der Waals surface area contributed by atoms with Crippen molar-refractivity contribution in [2.24, 2.45) is 0 Å². The summed E-state index contributed by atoms with van der Waals surface area (Å²) in [5.41, 5.74) is 2.65. The molecule has 0 aliphatic carbocycles. The number of hydrogen-bond donors (Lipinski definition) is 1. The van der Waals surface area contributed by atoms with Crippen LogP contribution in [0.25, 0.3) is 0 Å². The third-order valence-corrected chi connectivity index (χ3v) is 3.56. The van der Waals surface area contributed by atoms with E-state index in [1.54, 1.807) is 12.1 Å². The molecule has 0 radical (unpaired) electrons. The summed E-state index contributed by atoms with van der Waals surface area (Å²) in [5.74, 6) is 0.616. The first-order valence-electron chi connectivity index (χ1n) is 8.32. The number of carbonyl (C=O) groups excluding carboxylic acids is 1. The van der Waals surface area contributed by atoms with E-state index in [1.165, 1.54) is 6.92 Å². The first-order valence-corrected chi connectivity index (χ1v) is 8.32. The van der Waals surface area contributed by atoms with Gasteiger partial charge in [0.25, 0.3) is 0 Å². The minimum atomic E-state index is -0.167. The molecule has 26 heavy (non-hydrogen) atoms. The molecule has 3 aromatic rings. The van der Waals surface area contributed by atoms with E-state index in [1.807, 2.05) is 60.7 Å². The van der Waals surface area contributed by atoms with Gasteiger partial charge in [-0.05, 0) is 11.1 Å². The van der Waals surface area contributed by atoms with E-state index in [0.29, 0.717) is 30.7 Å². The molecular formula is C21H20N2O3. The molecule has 1 aromatic heterocycles. The fraction of sp³-hybridized carbons (Fsp3) is 0.143. The fourth-order valence-electron chi connectivity index (χ4n) is 2.37. The van der Waals surface area contributed by atoms with Crippen LogP contribution in [0.5, 0.6) is 11.8 Å². The van der Waals surface area contributed by atoms with Crippen molar-refractivity contribution in [1.82, 2.24) is 4.98 Å². The van der Waals surface area contributed by atoms with Gasteiger partial charge in [0, 0.05) is 19.1 Å². The second kappa shape index (κ2) is 8.67. The van der Waals surface area contributed by atoms with Crippen LogP contribution in [0.15, 0.2) is 72.8 Å². The molecular weight excluding hydrogens is 328 g/mol. The Labute approximate surface area is 152 Å². The van der Waals surface area contributed by atoms with E-state index in [-0.39, 0.29) is 5.91 Å². The minimum absolute atomic E-state index is 0.167. The Bertz CT molecular complexity index is 790. The summed E-state index contributed by atoms with van der Waals surface area (Å²) < 4.78 is 11.5. The molecule has 0 fully saturated rings. The minimum Gasteiger partial charge on any atom is -0.473 e. The fourth-order valence-corrected chi connectivity index (χ4v) is 2.37. The zero-order valence-electron chi connectivity index (χ0n) is 14.5. The van der Waals surface area contributed by atoms with Crippen LogP contribution in [0.1, 0.15) is 18.1 Å². The van der Waals surface area contributed by atoms with Gasteiger partial charge in [-0.15, -0.1) is 0 Å². The van der Waals surface area contributed by atoms with Gasteiger partial charge < -0.3 is 14.8 Å². The second-order valence-electron chi connectivity index (χ2n) is 5.76. The average molecular weight is 348 g/mol. The van der Waals surface area contributed by atoms with Crippen LogP contribution in [0.2, 0.25) is 0 Å². The molecule has 1 amide bonds. The molecule has 132 valence electrons. The van der Waals surface area contributed by atoms with Gasteiger partial charge in [-0.25, -0.2) is 0 Å². The van der Waals surface area contributed by atoms with Gasteiger partial charge in [0.15, 0.2) is 0 Å². The maximum Gasteiger partial charge on any atom is 0.221 e. The molecule has 1 heterocycles. The molecule has 0 aliphatic rings. The van der Waals surface area contributed by atoms with Crippen LogP contribution in [0.4, 0.5) is 5.69 Å². The molecule has 0 unspecified atom stereocenters. The quantitative estimate of drug-likeness (QED) is 0.695.